The second-order valence-corrected chi connectivity index (χ2v) is 4.94. The molecule has 0 saturated carbocycles. The Morgan fingerprint density at radius 2 is 1.83 bits per heavy atom. The molecule has 0 heterocycles. The number of nitriles is 1. The van der Waals surface area contributed by atoms with Gasteiger partial charge in [-0.3, -0.25) is 0 Å². The topological polar surface area (TPSA) is 65.3 Å². The first-order chi connectivity index (χ1) is 11.4. The fraction of sp³-hybridized carbons (Fsp3) is 0.235. The Morgan fingerprint density at radius 1 is 1.12 bits per heavy atom. The van der Waals surface area contributed by atoms with Gasteiger partial charge in [-0.15, -0.1) is 0 Å². The average molecular weight is 336 g/mol. The van der Waals surface area contributed by atoms with Crippen LogP contribution in [0.5, 0.6) is 5.75 Å². The number of rotatable bonds is 6. The zero-order valence-electron chi connectivity index (χ0n) is 12.6. The third kappa shape index (κ3) is 4.64. The van der Waals surface area contributed by atoms with Gasteiger partial charge in [-0.05, 0) is 35.9 Å². The summed E-state index contributed by atoms with van der Waals surface area (Å²) in [6.07, 6.45) is -4.54. The molecule has 0 unspecified atom stereocenters. The SMILES string of the molecule is N#Cc1ccc(CNc2ccc(OCCO)cc2C(F)(F)F)cc1. The summed E-state index contributed by atoms with van der Waals surface area (Å²) in [5.41, 5.74) is 0.331. The molecule has 0 bridgehead atoms. The van der Waals surface area contributed by atoms with Crippen molar-refractivity contribution in [3.05, 3.63) is 59.2 Å². The van der Waals surface area contributed by atoms with Crippen LogP contribution in [0.4, 0.5) is 18.9 Å². The molecule has 0 aliphatic heterocycles. The van der Waals surface area contributed by atoms with Crippen LogP contribution < -0.4 is 10.1 Å². The Morgan fingerprint density at radius 3 is 2.42 bits per heavy atom. The summed E-state index contributed by atoms with van der Waals surface area (Å²) in [5, 5.41) is 20.2. The molecular weight excluding hydrogens is 321 g/mol. The summed E-state index contributed by atoms with van der Waals surface area (Å²) in [5.74, 6) is 0.0419. The van der Waals surface area contributed by atoms with Crippen molar-refractivity contribution in [2.75, 3.05) is 18.5 Å². The number of anilines is 1. The normalized spacial score (nSPS) is 11.0. The minimum atomic E-state index is -4.54. The van der Waals surface area contributed by atoms with Gasteiger partial charge in [0.1, 0.15) is 12.4 Å². The lowest BCUT2D eigenvalue weighted by Crippen LogP contribution is -2.12. The molecule has 0 radical (unpaired) electrons. The number of benzene rings is 2. The third-order valence-corrected chi connectivity index (χ3v) is 3.22. The first-order valence-corrected chi connectivity index (χ1v) is 7.12. The Bertz CT molecular complexity index is 722. The summed E-state index contributed by atoms with van der Waals surface area (Å²) in [4.78, 5) is 0. The van der Waals surface area contributed by atoms with Gasteiger partial charge >= 0.3 is 6.18 Å². The van der Waals surface area contributed by atoms with E-state index in [9.17, 15) is 13.2 Å². The van der Waals surface area contributed by atoms with E-state index in [-0.39, 0.29) is 31.2 Å². The van der Waals surface area contributed by atoms with Gasteiger partial charge in [0.2, 0.25) is 0 Å². The van der Waals surface area contributed by atoms with Crippen LogP contribution in [0.25, 0.3) is 0 Å². The number of nitrogens with zero attached hydrogens (tertiary/aromatic N) is 1. The van der Waals surface area contributed by atoms with E-state index in [0.29, 0.717) is 5.56 Å². The number of alkyl halides is 3. The molecule has 0 aliphatic rings. The van der Waals surface area contributed by atoms with Gasteiger partial charge in [-0.25, -0.2) is 0 Å². The summed E-state index contributed by atoms with van der Waals surface area (Å²) in [6.45, 7) is -0.166. The zero-order chi connectivity index (χ0) is 17.6. The van der Waals surface area contributed by atoms with Crippen molar-refractivity contribution in [2.24, 2.45) is 0 Å². The van der Waals surface area contributed by atoms with Crippen LogP contribution in [0.15, 0.2) is 42.5 Å². The van der Waals surface area contributed by atoms with Gasteiger partial charge in [0, 0.05) is 12.2 Å². The first kappa shape index (κ1) is 17.6. The summed E-state index contributed by atoms with van der Waals surface area (Å²) < 4.78 is 44.6. The second-order valence-electron chi connectivity index (χ2n) is 4.94. The predicted octanol–water partition coefficient (Wildman–Crippen LogP) is 3.56. The van der Waals surface area contributed by atoms with E-state index in [0.717, 1.165) is 11.6 Å². The maximum atomic E-state index is 13.2. The standard InChI is InChI=1S/C17H15F3N2O2/c18-17(19,20)15-9-14(24-8-7-23)5-6-16(15)22-11-13-3-1-12(10-21)2-4-13/h1-6,9,22-23H,7-8,11H2. The second kappa shape index (κ2) is 7.70. The molecule has 2 rings (SSSR count). The molecule has 24 heavy (non-hydrogen) atoms. The molecule has 2 aromatic rings. The van der Waals surface area contributed by atoms with Crippen LogP contribution in [0.3, 0.4) is 0 Å². The third-order valence-electron chi connectivity index (χ3n) is 3.22. The van der Waals surface area contributed by atoms with Crippen LogP contribution in [0, 0.1) is 11.3 Å². The van der Waals surface area contributed by atoms with E-state index in [2.05, 4.69) is 5.32 Å². The van der Waals surface area contributed by atoms with E-state index in [1.165, 1.54) is 12.1 Å². The molecule has 2 N–H and O–H groups in total. The van der Waals surface area contributed by atoms with Crippen LogP contribution in [-0.2, 0) is 12.7 Å². The van der Waals surface area contributed by atoms with Gasteiger partial charge in [-0.2, -0.15) is 18.4 Å². The number of hydrogen-bond acceptors (Lipinski definition) is 4. The van der Waals surface area contributed by atoms with E-state index >= 15 is 0 Å². The molecule has 0 atom stereocenters. The van der Waals surface area contributed by atoms with Crippen molar-refractivity contribution < 1.29 is 23.0 Å². The number of ether oxygens (including phenoxy) is 1. The molecular formula is C17H15F3N2O2. The average Bonchev–Trinajstić information content (AvgIpc) is 2.58. The Hall–Kier alpha value is -2.72. The molecule has 4 nitrogen and oxygen atoms in total. The fourth-order valence-electron chi connectivity index (χ4n) is 2.06. The Labute approximate surface area is 137 Å². The van der Waals surface area contributed by atoms with E-state index < -0.39 is 11.7 Å². The number of aliphatic hydroxyl groups excluding tert-OH is 1. The molecule has 7 heteroatoms. The molecule has 126 valence electrons. The smallest absolute Gasteiger partial charge is 0.418 e. The van der Waals surface area contributed by atoms with Crippen molar-refractivity contribution in [3.63, 3.8) is 0 Å². The predicted molar refractivity (Wildman–Crippen MR) is 82.5 cm³/mol. The largest absolute Gasteiger partial charge is 0.491 e. The highest BCUT2D eigenvalue weighted by molar-refractivity contribution is 5.56. The molecule has 0 aromatic heterocycles. The summed E-state index contributed by atoms with van der Waals surface area (Å²) in [6, 6.07) is 12.1. The molecule has 0 fully saturated rings. The Kier molecular flexibility index (Phi) is 5.66. The van der Waals surface area contributed by atoms with E-state index in [1.54, 1.807) is 24.3 Å². The zero-order valence-corrected chi connectivity index (χ0v) is 12.6. The van der Waals surface area contributed by atoms with Crippen molar-refractivity contribution >= 4 is 5.69 Å². The van der Waals surface area contributed by atoms with E-state index in [4.69, 9.17) is 15.1 Å². The highest BCUT2D eigenvalue weighted by atomic mass is 19.4. The molecule has 0 aliphatic carbocycles. The van der Waals surface area contributed by atoms with Gasteiger partial charge in [0.05, 0.1) is 23.8 Å². The lowest BCUT2D eigenvalue weighted by molar-refractivity contribution is -0.137. The van der Waals surface area contributed by atoms with Gasteiger partial charge in [0.25, 0.3) is 0 Å². The minimum absolute atomic E-state index is 0.0419. The quantitative estimate of drug-likeness (QED) is 0.846. The van der Waals surface area contributed by atoms with Crippen LogP contribution >= 0.6 is 0 Å². The van der Waals surface area contributed by atoms with Crippen molar-refractivity contribution in [1.82, 2.24) is 0 Å². The Balaban J connectivity index is 2.17. The monoisotopic (exact) mass is 336 g/mol. The van der Waals surface area contributed by atoms with Gasteiger partial charge < -0.3 is 15.2 Å². The van der Waals surface area contributed by atoms with Crippen molar-refractivity contribution in [2.45, 2.75) is 12.7 Å². The molecule has 0 saturated heterocycles. The number of halogens is 3. The summed E-state index contributed by atoms with van der Waals surface area (Å²) >= 11 is 0. The van der Waals surface area contributed by atoms with E-state index in [1.807, 2.05) is 6.07 Å². The van der Waals surface area contributed by atoms with Crippen molar-refractivity contribution in [3.8, 4) is 11.8 Å². The number of hydrogen-bond donors (Lipinski definition) is 2. The van der Waals surface area contributed by atoms with Gasteiger partial charge in [0.15, 0.2) is 0 Å². The molecule has 0 spiro atoms. The lowest BCUT2D eigenvalue weighted by atomic mass is 10.1. The lowest BCUT2D eigenvalue weighted by Gasteiger charge is -2.16. The maximum Gasteiger partial charge on any atom is 0.418 e. The minimum Gasteiger partial charge on any atom is -0.491 e. The highest BCUT2D eigenvalue weighted by Crippen LogP contribution is 2.37. The van der Waals surface area contributed by atoms with Crippen LogP contribution in [0.2, 0.25) is 0 Å². The molecule has 0 amide bonds. The highest BCUT2D eigenvalue weighted by Gasteiger charge is 2.34. The summed E-state index contributed by atoms with van der Waals surface area (Å²) in [7, 11) is 0. The molecule has 2 aromatic carbocycles. The van der Waals surface area contributed by atoms with Crippen molar-refractivity contribution in [1.29, 1.82) is 5.26 Å². The van der Waals surface area contributed by atoms with Crippen LogP contribution in [0.1, 0.15) is 16.7 Å². The van der Waals surface area contributed by atoms with Gasteiger partial charge in [-0.1, -0.05) is 12.1 Å². The first-order valence-electron chi connectivity index (χ1n) is 7.12. The maximum absolute atomic E-state index is 13.2. The fourth-order valence-corrected chi connectivity index (χ4v) is 2.06. The number of aliphatic hydroxyl groups is 1. The van der Waals surface area contributed by atoms with Crippen LogP contribution in [-0.4, -0.2) is 18.3 Å². The number of nitrogens with one attached hydrogen (secondary N) is 1.